The third-order valence-electron chi connectivity index (χ3n) is 2.66. The summed E-state index contributed by atoms with van der Waals surface area (Å²) in [6, 6.07) is 7.90. The van der Waals surface area contributed by atoms with Gasteiger partial charge < -0.3 is 9.47 Å². The zero-order valence-electron chi connectivity index (χ0n) is 11.2. The topological polar surface area (TPSA) is 78.7 Å². The molecule has 0 aliphatic rings. The maximum Gasteiger partial charge on any atom is 0.343 e. The van der Waals surface area contributed by atoms with Gasteiger partial charge in [0.15, 0.2) is 11.5 Å². The number of ether oxygens (including phenoxy) is 2. The number of benzene rings is 2. The Balaban J connectivity index is 2.34. The molecule has 0 aliphatic heterocycles. The molecule has 0 aliphatic carbocycles. The molecule has 0 heterocycles. The molecule has 8 heteroatoms. The zero-order valence-corrected chi connectivity index (χ0v) is 12.7. The van der Waals surface area contributed by atoms with Crippen molar-refractivity contribution in [1.82, 2.24) is 0 Å². The summed E-state index contributed by atoms with van der Waals surface area (Å²) in [4.78, 5) is 22.3. The molecule has 114 valence electrons. The molecule has 0 bridgehead atoms. The number of methoxy groups -OCH3 is 1. The Hall–Kier alpha value is -2.31. The smallest absolute Gasteiger partial charge is 0.343 e. The highest BCUT2D eigenvalue weighted by atomic mass is 35.5. The van der Waals surface area contributed by atoms with E-state index in [-0.39, 0.29) is 32.8 Å². The highest BCUT2D eigenvalue weighted by molar-refractivity contribution is 6.35. The van der Waals surface area contributed by atoms with Crippen molar-refractivity contribution in [2.45, 2.75) is 0 Å². The van der Waals surface area contributed by atoms with Crippen molar-refractivity contribution in [3.63, 3.8) is 0 Å². The van der Waals surface area contributed by atoms with Gasteiger partial charge >= 0.3 is 5.97 Å². The van der Waals surface area contributed by atoms with Gasteiger partial charge in [0, 0.05) is 16.1 Å². The van der Waals surface area contributed by atoms with Gasteiger partial charge in [-0.05, 0) is 24.3 Å². The van der Waals surface area contributed by atoms with E-state index in [0.717, 1.165) is 6.07 Å². The Morgan fingerprint density at radius 1 is 1.09 bits per heavy atom. The third kappa shape index (κ3) is 3.66. The summed E-state index contributed by atoms with van der Waals surface area (Å²) in [5.74, 6) is -0.645. The van der Waals surface area contributed by atoms with Crippen LogP contribution in [0.4, 0.5) is 5.69 Å². The largest absolute Gasteiger partial charge is 0.493 e. The van der Waals surface area contributed by atoms with Gasteiger partial charge in [-0.3, -0.25) is 10.1 Å². The van der Waals surface area contributed by atoms with Gasteiger partial charge in [-0.25, -0.2) is 4.79 Å². The molecular weight excluding hydrogens is 333 g/mol. The van der Waals surface area contributed by atoms with Crippen LogP contribution in [0.2, 0.25) is 10.0 Å². The number of nitrogens with zero attached hydrogens (tertiary/aromatic N) is 1. The van der Waals surface area contributed by atoms with Crippen LogP contribution in [0.3, 0.4) is 0 Å². The molecule has 0 radical (unpaired) electrons. The molecule has 0 aromatic heterocycles. The minimum Gasteiger partial charge on any atom is -0.493 e. The molecule has 2 rings (SSSR count). The van der Waals surface area contributed by atoms with Gasteiger partial charge in [0.05, 0.1) is 23.7 Å². The third-order valence-corrected chi connectivity index (χ3v) is 3.10. The van der Waals surface area contributed by atoms with Crippen molar-refractivity contribution in [3.05, 3.63) is 62.1 Å². The second kappa shape index (κ2) is 6.64. The molecular formula is C14H9Cl2NO5. The van der Waals surface area contributed by atoms with E-state index in [1.54, 1.807) is 0 Å². The fraction of sp³-hybridized carbons (Fsp3) is 0.0714. The van der Waals surface area contributed by atoms with Crippen molar-refractivity contribution in [2.24, 2.45) is 0 Å². The summed E-state index contributed by atoms with van der Waals surface area (Å²) in [6.45, 7) is 0. The summed E-state index contributed by atoms with van der Waals surface area (Å²) in [7, 11) is 1.36. The molecule has 0 atom stereocenters. The molecule has 0 saturated heterocycles. The molecule has 0 amide bonds. The van der Waals surface area contributed by atoms with Crippen LogP contribution in [-0.4, -0.2) is 18.0 Å². The fourth-order valence-electron chi connectivity index (χ4n) is 1.69. The van der Waals surface area contributed by atoms with Crippen LogP contribution in [0.25, 0.3) is 0 Å². The standard InChI is InChI=1S/C14H9Cl2NO5/c1-21-12-3-2-11(17(19)20)7-13(12)22-14(18)8-4-9(15)6-10(16)5-8/h2-7H,1H3. The summed E-state index contributed by atoms with van der Waals surface area (Å²) >= 11 is 11.6. The summed E-state index contributed by atoms with van der Waals surface area (Å²) < 4.78 is 10.1. The molecule has 2 aromatic carbocycles. The molecule has 0 spiro atoms. The number of non-ortho nitro benzene ring substituents is 1. The average Bonchev–Trinajstić information content (AvgIpc) is 2.46. The van der Waals surface area contributed by atoms with Crippen LogP contribution in [0.1, 0.15) is 10.4 Å². The SMILES string of the molecule is COc1ccc([N+](=O)[O-])cc1OC(=O)c1cc(Cl)cc(Cl)c1. The van der Waals surface area contributed by atoms with Crippen LogP contribution in [0, 0.1) is 10.1 Å². The van der Waals surface area contributed by atoms with Crippen molar-refractivity contribution in [3.8, 4) is 11.5 Å². The van der Waals surface area contributed by atoms with E-state index >= 15 is 0 Å². The van der Waals surface area contributed by atoms with Gasteiger partial charge in [0.25, 0.3) is 5.69 Å². The lowest BCUT2D eigenvalue weighted by Gasteiger charge is -2.09. The van der Waals surface area contributed by atoms with E-state index in [1.807, 2.05) is 0 Å². The summed E-state index contributed by atoms with van der Waals surface area (Å²) in [5.41, 5.74) is -0.112. The Morgan fingerprint density at radius 2 is 1.73 bits per heavy atom. The summed E-state index contributed by atoms with van der Waals surface area (Å²) in [5, 5.41) is 11.3. The number of carbonyl (C=O) groups excluding carboxylic acids is 1. The maximum atomic E-state index is 12.1. The fourth-order valence-corrected chi connectivity index (χ4v) is 2.22. The van der Waals surface area contributed by atoms with E-state index in [1.165, 1.54) is 37.4 Å². The molecule has 0 N–H and O–H groups in total. The van der Waals surface area contributed by atoms with Crippen LogP contribution in [-0.2, 0) is 0 Å². The Kier molecular flexibility index (Phi) is 4.85. The Morgan fingerprint density at radius 3 is 2.27 bits per heavy atom. The number of nitro groups is 1. The molecule has 0 unspecified atom stereocenters. The zero-order chi connectivity index (χ0) is 16.3. The van der Waals surface area contributed by atoms with Crippen LogP contribution in [0.5, 0.6) is 11.5 Å². The summed E-state index contributed by atoms with van der Waals surface area (Å²) in [6.07, 6.45) is 0. The highest BCUT2D eigenvalue weighted by Crippen LogP contribution is 2.32. The number of esters is 1. The normalized spacial score (nSPS) is 10.1. The van der Waals surface area contributed by atoms with Crippen LogP contribution in [0.15, 0.2) is 36.4 Å². The molecule has 0 saturated carbocycles. The first-order valence-corrected chi connectivity index (χ1v) is 6.67. The molecule has 0 fully saturated rings. The van der Waals surface area contributed by atoms with Crippen molar-refractivity contribution in [1.29, 1.82) is 0 Å². The number of halogens is 2. The lowest BCUT2D eigenvalue weighted by atomic mass is 10.2. The van der Waals surface area contributed by atoms with E-state index in [0.29, 0.717) is 0 Å². The van der Waals surface area contributed by atoms with Gasteiger partial charge in [-0.1, -0.05) is 23.2 Å². The van der Waals surface area contributed by atoms with E-state index < -0.39 is 10.9 Å². The molecule has 2 aromatic rings. The van der Waals surface area contributed by atoms with Gasteiger partial charge in [0.1, 0.15) is 0 Å². The minimum atomic E-state index is -0.761. The monoisotopic (exact) mass is 341 g/mol. The molecule has 6 nitrogen and oxygen atoms in total. The quantitative estimate of drug-likeness (QED) is 0.361. The number of rotatable bonds is 4. The van der Waals surface area contributed by atoms with Gasteiger partial charge in [-0.15, -0.1) is 0 Å². The van der Waals surface area contributed by atoms with Gasteiger partial charge in [0.2, 0.25) is 0 Å². The second-order valence-corrected chi connectivity index (χ2v) is 5.01. The van der Waals surface area contributed by atoms with E-state index in [2.05, 4.69) is 0 Å². The molecule has 22 heavy (non-hydrogen) atoms. The highest BCUT2D eigenvalue weighted by Gasteiger charge is 2.17. The van der Waals surface area contributed by atoms with Crippen molar-refractivity contribution >= 4 is 34.9 Å². The number of hydrogen-bond acceptors (Lipinski definition) is 5. The number of hydrogen-bond donors (Lipinski definition) is 0. The predicted molar refractivity (Wildman–Crippen MR) is 81.1 cm³/mol. The second-order valence-electron chi connectivity index (χ2n) is 4.14. The number of nitro benzene ring substituents is 1. The van der Waals surface area contributed by atoms with E-state index in [9.17, 15) is 14.9 Å². The van der Waals surface area contributed by atoms with Crippen LogP contribution >= 0.6 is 23.2 Å². The minimum absolute atomic E-state index is 0.0715. The first kappa shape index (κ1) is 16.1. The number of carbonyl (C=O) groups is 1. The van der Waals surface area contributed by atoms with Crippen LogP contribution < -0.4 is 9.47 Å². The average molecular weight is 342 g/mol. The predicted octanol–water partition coefficient (Wildman–Crippen LogP) is 4.13. The lowest BCUT2D eigenvalue weighted by Crippen LogP contribution is -2.09. The lowest BCUT2D eigenvalue weighted by molar-refractivity contribution is -0.384. The van der Waals surface area contributed by atoms with E-state index in [4.69, 9.17) is 32.7 Å². The Bertz CT molecular complexity index is 728. The first-order valence-electron chi connectivity index (χ1n) is 5.91. The Labute approximate surface area is 135 Å². The van der Waals surface area contributed by atoms with Crippen molar-refractivity contribution < 1.29 is 19.2 Å². The first-order chi connectivity index (χ1) is 10.4. The van der Waals surface area contributed by atoms with Crippen molar-refractivity contribution in [2.75, 3.05) is 7.11 Å². The van der Waals surface area contributed by atoms with Gasteiger partial charge in [-0.2, -0.15) is 0 Å². The maximum absolute atomic E-state index is 12.1.